The van der Waals surface area contributed by atoms with E-state index < -0.39 is 10.0 Å². The van der Waals surface area contributed by atoms with Gasteiger partial charge in [0.15, 0.2) is 0 Å². The number of piperidine rings is 1. The first-order valence-electron chi connectivity index (χ1n) is 8.70. The Morgan fingerprint density at radius 3 is 2.32 bits per heavy atom. The summed E-state index contributed by atoms with van der Waals surface area (Å²) < 4.78 is 32.3. The summed E-state index contributed by atoms with van der Waals surface area (Å²) >= 11 is 0. The molecule has 1 aromatic carbocycles. The Kier molecular flexibility index (Phi) is 5.18. The number of benzene rings is 1. The van der Waals surface area contributed by atoms with Gasteiger partial charge in [0.05, 0.1) is 12.0 Å². The molecule has 1 spiro atoms. The predicted octanol–water partition coefficient (Wildman–Crippen LogP) is 1.62. The molecule has 0 N–H and O–H groups in total. The molecule has 0 saturated carbocycles. The van der Waals surface area contributed by atoms with Gasteiger partial charge in [-0.25, -0.2) is 8.42 Å². The van der Waals surface area contributed by atoms with Crippen LogP contribution < -0.4 is 4.74 Å². The fourth-order valence-corrected chi connectivity index (χ4v) is 5.34. The molecule has 138 valence electrons. The normalized spacial score (nSPS) is 22.3. The van der Waals surface area contributed by atoms with Crippen LogP contribution in [-0.2, 0) is 14.8 Å². The van der Waals surface area contributed by atoms with E-state index in [9.17, 15) is 13.2 Å². The van der Waals surface area contributed by atoms with Gasteiger partial charge in [0, 0.05) is 38.6 Å². The first-order chi connectivity index (χ1) is 11.9. The van der Waals surface area contributed by atoms with Crippen molar-refractivity contribution in [3.8, 4) is 5.75 Å². The van der Waals surface area contributed by atoms with Crippen molar-refractivity contribution in [3.63, 3.8) is 0 Å². The van der Waals surface area contributed by atoms with Crippen LogP contribution in [0.25, 0.3) is 0 Å². The third kappa shape index (κ3) is 3.73. The summed E-state index contributed by atoms with van der Waals surface area (Å²) in [6.07, 6.45) is 2.76. The number of aldehydes is 1. The third-order valence-electron chi connectivity index (χ3n) is 5.38. The maximum absolute atomic E-state index is 12.8. The monoisotopic (exact) mass is 366 g/mol. The van der Waals surface area contributed by atoms with E-state index in [1.807, 2.05) is 6.92 Å². The first kappa shape index (κ1) is 18.4. The third-order valence-corrected chi connectivity index (χ3v) is 7.29. The van der Waals surface area contributed by atoms with Crippen molar-refractivity contribution in [1.29, 1.82) is 0 Å². The van der Waals surface area contributed by atoms with Crippen molar-refractivity contribution >= 4 is 16.3 Å². The Morgan fingerprint density at radius 1 is 1.20 bits per heavy atom. The molecule has 1 atom stereocenters. The van der Waals surface area contributed by atoms with Crippen LogP contribution in [0.3, 0.4) is 0 Å². The molecule has 2 saturated heterocycles. The molecule has 2 aliphatic heterocycles. The smallest absolute Gasteiger partial charge is 0.243 e. The molecular formula is C18H26N2O4S. The van der Waals surface area contributed by atoms with Crippen LogP contribution in [0.5, 0.6) is 5.75 Å². The van der Waals surface area contributed by atoms with Crippen molar-refractivity contribution in [2.45, 2.75) is 24.7 Å². The van der Waals surface area contributed by atoms with Crippen LogP contribution in [-0.4, -0.2) is 63.7 Å². The van der Waals surface area contributed by atoms with Crippen molar-refractivity contribution < 1.29 is 17.9 Å². The van der Waals surface area contributed by atoms with Gasteiger partial charge in [-0.05, 0) is 42.5 Å². The maximum Gasteiger partial charge on any atom is 0.243 e. The minimum Gasteiger partial charge on any atom is -0.497 e. The maximum atomic E-state index is 12.8. The molecular weight excluding hydrogens is 340 g/mol. The molecule has 1 unspecified atom stereocenters. The summed E-state index contributed by atoms with van der Waals surface area (Å²) in [6.45, 7) is 5.81. The summed E-state index contributed by atoms with van der Waals surface area (Å²) in [5.41, 5.74) is 0.231. The molecule has 2 aliphatic rings. The lowest BCUT2D eigenvalue weighted by Gasteiger charge is -2.54. The van der Waals surface area contributed by atoms with E-state index in [0.29, 0.717) is 23.7 Å². The second-order valence-corrected chi connectivity index (χ2v) is 9.30. The van der Waals surface area contributed by atoms with Gasteiger partial charge in [-0.2, -0.15) is 4.31 Å². The van der Waals surface area contributed by atoms with Gasteiger partial charge in [-0.3, -0.25) is 0 Å². The molecule has 2 heterocycles. The van der Waals surface area contributed by atoms with Crippen LogP contribution in [0.15, 0.2) is 29.2 Å². The zero-order valence-corrected chi connectivity index (χ0v) is 15.7. The summed E-state index contributed by atoms with van der Waals surface area (Å²) in [7, 11) is -1.88. The molecule has 6 nitrogen and oxygen atoms in total. The molecule has 0 bridgehead atoms. The van der Waals surface area contributed by atoms with Crippen LogP contribution >= 0.6 is 0 Å². The number of nitrogens with zero attached hydrogens (tertiary/aromatic N) is 2. The Morgan fingerprint density at radius 2 is 1.80 bits per heavy atom. The molecule has 7 heteroatoms. The average molecular weight is 366 g/mol. The van der Waals surface area contributed by atoms with Gasteiger partial charge < -0.3 is 14.4 Å². The van der Waals surface area contributed by atoms with Gasteiger partial charge in [-0.15, -0.1) is 0 Å². The predicted molar refractivity (Wildman–Crippen MR) is 95.1 cm³/mol. The lowest BCUT2D eigenvalue weighted by Crippen LogP contribution is -2.61. The van der Waals surface area contributed by atoms with Crippen molar-refractivity contribution in [2.24, 2.45) is 11.3 Å². The number of carbonyl (C=O) groups is 1. The highest BCUT2D eigenvalue weighted by molar-refractivity contribution is 7.89. The highest BCUT2D eigenvalue weighted by Gasteiger charge is 2.46. The minimum atomic E-state index is -3.44. The van der Waals surface area contributed by atoms with E-state index in [1.54, 1.807) is 35.7 Å². The molecule has 2 fully saturated rings. The zero-order chi connectivity index (χ0) is 18.1. The fourth-order valence-electron chi connectivity index (χ4n) is 3.90. The zero-order valence-electron chi connectivity index (χ0n) is 14.8. The van der Waals surface area contributed by atoms with E-state index in [2.05, 4.69) is 4.90 Å². The van der Waals surface area contributed by atoms with Crippen molar-refractivity contribution in [2.75, 3.05) is 39.8 Å². The second kappa shape index (κ2) is 7.05. The van der Waals surface area contributed by atoms with Gasteiger partial charge >= 0.3 is 0 Å². The first-order valence-corrected chi connectivity index (χ1v) is 10.1. The Bertz CT molecular complexity index is 701. The van der Waals surface area contributed by atoms with E-state index in [0.717, 1.165) is 38.8 Å². The summed E-state index contributed by atoms with van der Waals surface area (Å²) in [6, 6.07) is 6.56. The van der Waals surface area contributed by atoms with E-state index in [1.165, 1.54) is 0 Å². The van der Waals surface area contributed by atoms with Crippen LogP contribution in [0.2, 0.25) is 0 Å². The molecule has 1 aromatic rings. The summed E-state index contributed by atoms with van der Waals surface area (Å²) in [5, 5.41) is 0. The van der Waals surface area contributed by atoms with Crippen LogP contribution in [0, 0.1) is 11.3 Å². The van der Waals surface area contributed by atoms with Crippen molar-refractivity contribution in [1.82, 2.24) is 9.21 Å². The van der Waals surface area contributed by atoms with E-state index in [-0.39, 0.29) is 11.3 Å². The standard InChI is InChI=1S/C18H26N2O4S/c1-15(12-21)11-19-13-18(14-19)7-9-20(10-8-18)25(22,23)17-5-3-16(24-2)4-6-17/h3-6,12,15H,7-11,13-14H2,1-2H3. The Hall–Kier alpha value is -1.44. The molecule has 0 amide bonds. The van der Waals surface area contributed by atoms with Gasteiger partial charge in [-0.1, -0.05) is 6.92 Å². The summed E-state index contributed by atoms with van der Waals surface area (Å²) in [5.74, 6) is 0.712. The molecule has 25 heavy (non-hydrogen) atoms. The number of likely N-dealkylation sites (tertiary alicyclic amines) is 1. The number of methoxy groups -OCH3 is 1. The summed E-state index contributed by atoms with van der Waals surface area (Å²) in [4.78, 5) is 13.4. The Labute approximate surface area is 149 Å². The number of ether oxygens (including phenoxy) is 1. The SMILES string of the molecule is COc1ccc(S(=O)(=O)N2CCC3(CC2)CN(CC(C)C=O)C3)cc1. The van der Waals surface area contributed by atoms with Crippen molar-refractivity contribution in [3.05, 3.63) is 24.3 Å². The lowest BCUT2D eigenvalue weighted by atomic mass is 9.72. The van der Waals surface area contributed by atoms with Gasteiger partial charge in [0.1, 0.15) is 12.0 Å². The molecule has 0 radical (unpaired) electrons. The highest BCUT2D eigenvalue weighted by Crippen LogP contribution is 2.41. The van der Waals surface area contributed by atoms with Crippen LogP contribution in [0.4, 0.5) is 0 Å². The number of hydrogen-bond acceptors (Lipinski definition) is 5. The number of sulfonamides is 1. The quantitative estimate of drug-likeness (QED) is 0.716. The number of hydrogen-bond donors (Lipinski definition) is 0. The van der Waals surface area contributed by atoms with E-state index >= 15 is 0 Å². The number of carbonyl (C=O) groups excluding carboxylic acids is 1. The highest BCUT2D eigenvalue weighted by atomic mass is 32.2. The molecule has 0 aliphatic carbocycles. The van der Waals surface area contributed by atoms with Crippen LogP contribution in [0.1, 0.15) is 19.8 Å². The molecule has 0 aromatic heterocycles. The Balaban J connectivity index is 1.58. The topological polar surface area (TPSA) is 66.9 Å². The van der Waals surface area contributed by atoms with E-state index in [4.69, 9.17) is 4.74 Å². The lowest BCUT2D eigenvalue weighted by molar-refractivity contribution is -0.113. The second-order valence-electron chi connectivity index (χ2n) is 7.36. The van der Waals surface area contributed by atoms with Gasteiger partial charge in [0.25, 0.3) is 0 Å². The average Bonchev–Trinajstić information content (AvgIpc) is 2.60. The van der Waals surface area contributed by atoms with Gasteiger partial charge in [0.2, 0.25) is 10.0 Å². The fraction of sp³-hybridized carbons (Fsp3) is 0.611. The number of rotatable bonds is 6. The largest absolute Gasteiger partial charge is 0.497 e. The molecule has 3 rings (SSSR count). The minimum absolute atomic E-state index is 0.0629.